The van der Waals surface area contributed by atoms with Crippen LogP contribution in [0.1, 0.15) is 54.2 Å². The van der Waals surface area contributed by atoms with E-state index >= 15 is 0 Å². The molecule has 3 amide bonds. The highest BCUT2D eigenvalue weighted by molar-refractivity contribution is 5.97. The lowest BCUT2D eigenvalue weighted by Gasteiger charge is -2.27. The number of nitrogens with zero attached hydrogens (tertiary/aromatic N) is 2. The second kappa shape index (κ2) is 7.46. The van der Waals surface area contributed by atoms with Crippen LogP contribution < -0.4 is 5.32 Å². The number of amides is 3. The van der Waals surface area contributed by atoms with Gasteiger partial charge in [-0.15, -0.1) is 0 Å². The normalized spacial score (nSPS) is 15.8. The van der Waals surface area contributed by atoms with Crippen LogP contribution >= 0.6 is 0 Å². The molecule has 1 aromatic carbocycles. The largest absolute Gasteiger partial charge is 0.337 e. The minimum Gasteiger partial charge on any atom is -0.337 e. The summed E-state index contributed by atoms with van der Waals surface area (Å²) in [6.45, 7) is 14.5. The molecule has 0 aliphatic carbocycles. The third kappa shape index (κ3) is 4.97. The SMILES string of the molecule is Cc1cc(C)c(C(=O)N2CCCN(C(=O)NC(C)(C)C)CC2)c(C)c1. The van der Waals surface area contributed by atoms with Crippen LogP contribution in [0.15, 0.2) is 12.1 Å². The first-order valence-electron chi connectivity index (χ1n) is 9.03. The standard InChI is InChI=1S/C20H31N3O2/c1-14-12-15(2)17(16(3)13-14)18(24)22-8-7-9-23(11-10-22)19(25)21-20(4,5)6/h12-13H,7-11H2,1-6H3,(H,21,25). The highest BCUT2D eigenvalue weighted by Crippen LogP contribution is 2.19. The quantitative estimate of drug-likeness (QED) is 0.849. The third-order valence-electron chi connectivity index (χ3n) is 4.44. The fourth-order valence-corrected chi connectivity index (χ4v) is 3.40. The van der Waals surface area contributed by atoms with Gasteiger partial charge >= 0.3 is 6.03 Å². The number of hydrogen-bond donors (Lipinski definition) is 1. The maximum Gasteiger partial charge on any atom is 0.317 e. The van der Waals surface area contributed by atoms with E-state index in [0.717, 1.165) is 23.1 Å². The molecule has 1 aliphatic rings. The Bertz CT molecular complexity index is 638. The van der Waals surface area contributed by atoms with E-state index in [-0.39, 0.29) is 17.5 Å². The van der Waals surface area contributed by atoms with Gasteiger partial charge in [0, 0.05) is 37.3 Å². The number of nitrogens with one attached hydrogen (secondary N) is 1. The Morgan fingerprint density at radius 1 is 0.920 bits per heavy atom. The molecule has 0 saturated carbocycles. The van der Waals surface area contributed by atoms with Crippen LogP contribution in [-0.2, 0) is 0 Å². The molecule has 0 radical (unpaired) electrons. The Hall–Kier alpha value is -2.04. The van der Waals surface area contributed by atoms with Crippen LogP contribution in [0.5, 0.6) is 0 Å². The highest BCUT2D eigenvalue weighted by Gasteiger charge is 2.26. The van der Waals surface area contributed by atoms with Crippen LogP contribution in [0, 0.1) is 20.8 Å². The second-order valence-electron chi connectivity index (χ2n) is 8.09. The van der Waals surface area contributed by atoms with Crippen LogP contribution in [0.2, 0.25) is 0 Å². The number of benzene rings is 1. The molecule has 1 aromatic rings. The summed E-state index contributed by atoms with van der Waals surface area (Å²) in [6.07, 6.45) is 0.799. The Morgan fingerprint density at radius 3 is 2.00 bits per heavy atom. The van der Waals surface area contributed by atoms with Gasteiger partial charge in [0.1, 0.15) is 0 Å². The first-order valence-corrected chi connectivity index (χ1v) is 9.03. The second-order valence-corrected chi connectivity index (χ2v) is 8.09. The Morgan fingerprint density at radius 2 is 1.44 bits per heavy atom. The monoisotopic (exact) mass is 345 g/mol. The molecule has 1 heterocycles. The zero-order valence-corrected chi connectivity index (χ0v) is 16.4. The average molecular weight is 345 g/mol. The number of carbonyl (C=O) groups excluding carboxylic acids is 2. The fraction of sp³-hybridized carbons (Fsp3) is 0.600. The van der Waals surface area contributed by atoms with Crippen LogP contribution in [0.3, 0.4) is 0 Å². The lowest BCUT2D eigenvalue weighted by molar-refractivity contribution is 0.0760. The number of hydrogen-bond acceptors (Lipinski definition) is 2. The molecule has 2 rings (SSSR count). The average Bonchev–Trinajstić information content (AvgIpc) is 2.70. The van der Waals surface area contributed by atoms with Crippen molar-refractivity contribution in [3.63, 3.8) is 0 Å². The molecule has 0 bridgehead atoms. The van der Waals surface area contributed by atoms with E-state index in [1.807, 2.05) is 51.3 Å². The zero-order chi connectivity index (χ0) is 18.8. The van der Waals surface area contributed by atoms with Gasteiger partial charge in [-0.3, -0.25) is 4.79 Å². The molecule has 0 atom stereocenters. The fourth-order valence-electron chi connectivity index (χ4n) is 3.40. The first kappa shape index (κ1) is 19.3. The van der Waals surface area contributed by atoms with E-state index in [9.17, 15) is 9.59 Å². The van der Waals surface area contributed by atoms with Gasteiger partial charge in [0.15, 0.2) is 0 Å². The van der Waals surface area contributed by atoms with Gasteiger partial charge in [-0.1, -0.05) is 17.7 Å². The molecule has 25 heavy (non-hydrogen) atoms. The maximum atomic E-state index is 13.0. The summed E-state index contributed by atoms with van der Waals surface area (Å²) < 4.78 is 0. The van der Waals surface area contributed by atoms with Crippen LogP contribution in [-0.4, -0.2) is 53.5 Å². The van der Waals surface area contributed by atoms with E-state index in [1.54, 1.807) is 0 Å². The van der Waals surface area contributed by atoms with E-state index in [0.29, 0.717) is 26.2 Å². The molecule has 138 valence electrons. The van der Waals surface area contributed by atoms with Gasteiger partial charge in [-0.25, -0.2) is 4.79 Å². The van der Waals surface area contributed by atoms with Crippen molar-refractivity contribution in [3.05, 3.63) is 34.4 Å². The number of carbonyl (C=O) groups is 2. The minimum absolute atomic E-state index is 0.0514. The first-order chi connectivity index (χ1) is 11.6. The molecule has 0 spiro atoms. The number of aryl methyl sites for hydroxylation is 3. The Kier molecular flexibility index (Phi) is 5.76. The van der Waals surface area contributed by atoms with Crippen molar-refractivity contribution in [2.24, 2.45) is 0 Å². The summed E-state index contributed by atoms with van der Waals surface area (Å²) in [5.74, 6) is 0.0769. The molecule has 0 unspecified atom stereocenters. The van der Waals surface area contributed by atoms with E-state index in [4.69, 9.17) is 0 Å². The van der Waals surface area contributed by atoms with Crippen molar-refractivity contribution in [3.8, 4) is 0 Å². The lowest BCUT2D eigenvalue weighted by Crippen LogP contribution is -2.49. The molecular formula is C20H31N3O2. The Balaban J connectivity index is 2.08. The predicted octanol–water partition coefficient (Wildman–Crippen LogP) is 3.27. The van der Waals surface area contributed by atoms with Crippen molar-refractivity contribution in [1.29, 1.82) is 0 Å². The Labute approximate surface area is 151 Å². The van der Waals surface area contributed by atoms with E-state index < -0.39 is 0 Å². The molecule has 1 saturated heterocycles. The zero-order valence-electron chi connectivity index (χ0n) is 16.4. The summed E-state index contributed by atoms with van der Waals surface area (Å²) >= 11 is 0. The summed E-state index contributed by atoms with van der Waals surface area (Å²) in [5.41, 5.74) is 3.77. The van der Waals surface area contributed by atoms with Crippen LogP contribution in [0.25, 0.3) is 0 Å². The summed E-state index contributed by atoms with van der Waals surface area (Å²) in [7, 11) is 0. The summed E-state index contributed by atoms with van der Waals surface area (Å²) in [4.78, 5) is 29.1. The van der Waals surface area contributed by atoms with Gasteiger partial charge in [-0.05, 0) is 59.1 Å². The molecule has 5 nitrogen and oxygen atoms in total. The topological polar surface area (TPSA) is 52.7 Å². The highest BCUT2D eigenvalue weighted by atomic mass is 16.2. The van der Waals surface area contributed by atoms with E-state index in [1.165, 1.54) is 5.56 Å². The summed E-state index contributed by atoms with van der Waals surface area (Å²) in [6, 6.07) is 4.06. The summed E-state index contributed by atoms with van der Waals surface area (Å²) in [5, 5.41) is 3.00. The molecule has 1 fully saturated rings. The molecule has 1 N–H and O–H groups in total. The molecule has 0 aromatic heterocycles. The number of rotatable bonds is 1. The van der Waals surface area contributed by atoms with Gasteiger partial charge in [0.05, 0.1) is 0 Å². The molecule has 5 heteroatoms. The number of urea groups is 1. The van der Waals surface area contributed by atoms with Gasteiger partial charge in [0.2, 0.25) is 0 Å². The van der Waals surface area contributed by atoms with Gasteiger partial charge < -0.3 is 15.1 Å². The predicted molar refractivity (Wildman–Crippen MR) is 101 cm³/mol. The maximum absolute atomic E-state index is 13.0. The van der Waals surface area contributed by atoms with Crippen LogP contribution in [0.4, 0.5) is 4.79 Å². The van der Waals surface area contributed by atoms with Crippen molar-refractivity contribution in [2.75, 3.05) is 26.2 Å². The van der Waals surface area contributed by atoms with Gasteiger partial charge in [-0.2, -0.15) is 0 Å². The minimum atomic E-state index is -0.255. The van der Waals surface area contributed by atoms with Crippen molar-refractivity contribution < 1.29 is 9.59 Å². The van der Waals surface area contributed by atoms with Crippen molar-refractivity contribution in [1.82, 2.24) is 15.1 Å². The molecular weight excluding hydrogens is 314 g/mol. The van der Waals surface area contributed by atoms with E-state index in [2.05, 4.69) is 17.4 Å². The smallest absolute Gasteiger partial charge is 0.317 e. The lowest BCUT2D eigenvalue weighted by atomic mass is 9.98. The third-order valence-corrected chi connectivity index (χ3v) is 4.44. The molecule has 1 aliphatic heterocycles. The van der Waals surface area contributed by atoms with Crippen molar-refractivity contribution >= 4 is 11.9 Å². The van der Waals surface area contributed by atoms with Crippen molar-refractivity contribution in [2.45, 2.75) is 53.5 Å². The van der Waals surface area contributed by atoms with Gasteiger partial charge in [0.25, 0.3) is 5.91 Å².